The SMILES string of the molecule is CCC(CCl)NC(=O)c1ccc(F)c(Br)c1. The Morgan fingerprint density at radius 2 is 2.31 bits per heavy atom. The van der Waals surface area contributed by atoms with Gasteiger partial charge < -0.3 is 5.32 Å². The molecule has 1 rings (SSSR count). The van der Waals surface area contributed by atoms with E-state index >= 15 is 0 Å². The second kappa shape index (κ2) is 6.21. The van der Waals surface area contributed by atoms with E-state index in [-0.39, 0.29) is 22.2 Å². The zero-order valence-electron chi connectivity index (χ0n) is 8.77. The van der Waals surface area contributed by atoms with Gasteiger partial charge in [-0.2, -0.15) is 0 Å². The highest BCUT2D eigenvalue weighted by Gasteiger charge is 2.12. The molecule has 2 nitrogen and oxygen atoms in total. The number of hydrogen-bond acceptors (Lipinski definition) is 1. The number of nitrogens with one attached hydrogen (secondary N) is 1. The third-order valence-corrected chi connectivity index (χ3v) is 3.18. The van der Waals surface area contributed by atoms with Crippen LogP contribution in [-0.2, 0) is 0 Å². The molecule has 16 heavy (non-hydrogen) atoms. The molecular formula is C11H12BrClFNO. The Kier molecular flexibility index (Phi) is 5.22. The fraction of sp³-hybridized carbons (Fsp3) is 0.364. The summed E-state index contributed by atoms with van der Waals surface area (Å²) >= 11 is 8.71. The summed E-state index contributed by atoms with van der Waals surface area (Å²) in [5, 5.41) is 2.77. The van der Waals surface area contributed by atoms with Crippen LogP contribution >= 0.6 is 27.5 Å². The Bertz CT molecular complexity index is 382. The molecule has 1 amide bonds. The van der Waals surface area contributed by atoms with Gasteiger partial charge in [-0.25, -0.2) is 4.39 Å². The van der Waals surface area contributed by atoms with Crippen LogP contribution in [0, 0.1) is 5.82 Å². The molecule has 0 aliphatic rings. The van der Waals surface area contributed by atoms with Gasteiger partial charge in [0, 0.05) is 17.5 Å². The number of alkyl halides is 1. The molecule has 0 radical (unpaired) electrons. The maximum absolute atomic E-state index is 13.0. The van der Waals surface area contributed by atoms with Gasteiger partial charge in [0.25, 0.3) is 5.91 Å². The van der Waals surface area contributed by atoms with Crippen LogP contribution in [0.5, 0.6) is 0 Å². The Morgan fingerprint density at radius 1 is 1.62 bits per heavy atom. The number of carbonyl (C=O) groups excluding carboxylic acids is 1. The van der Waals surface area contributed by atoms with Gasteiger partial charge in [-0.1, -0.05) is 6.92 Å². The van der Waals surface area contributed by atoms with Crippen LogP contribution in [0.2, 0.25) is 0 Å². The summed E-state index contributed by atoms with van der Waals surface area (Å²) in [6, 6.07) is 4.08. The highest BCUT2D eigenvalue weighted by molar-refractivity contribution is 9.10. The van der Waals surface area contributed by atoms with E-state index in [4.69, 9.17) is 11.6 Å². The van der Waals surface area contributed by atoms with E-state index < -0.39 is 0 Å². The highest BCUT2D eigenvalue weighted by atomic mass is 79.9. The lowest BCUT2D eigenvalue weighted by Crippen LogP contribution is -2.35. The summed E-state index contributed by atoms with van der Waals surface area (Å²) in [6.45, 7) is 1.94. The molecule has 1 aromatic carbocycles. The predicted octanol–water partition coefficient (Wildman–Crippen LogP) is 3.34. The van der Waals surface area contributed by atoms with Crippen LogP contribution < -0.4 is 5.32 Å². The van der Waals surface area contributed by atoms with Gasteiger partial charge in [0.05, 0.1) is 4.47 Å². The number of carbonyl (C=O) groups is 1. The van der Waals surface area contributed by atoms with E-state index in [2.05, 4.69) is 21.2 Å². The lowest BCUT2D eigenvalue weighted by molar-refractivity contribution is 0.0939. The smallest absolute Gasteiger partial charge is 0.251 e. The number of hydrogen-bond donors (Lipinski definition) is 1. The molecule has 0 aromatic heterocycles. The van der Waals surface area contributed by atoms with Crippen molar-refractivity contribution in [3.05, 3.63) is 34.1 Å². The number of rotatable bonds is 4. The van der Waals surface area contributed by atoms with Crippen molar-refractivity contribution < 1.29 is 9.18 Å². The van der Waals surface area contributed by atoms with Crippen molar-refractivity contribution in [2.45, 2.75) is 19.4 Å². The molecule has 88 valence electrons. The van der Waals surface area contributed by atoms with Gasteiger partial charge in [0.2, 0.25) is 0 Å². The van der Waals surface area contributed by atoms with E-state index in [1.807, 2.05) is 6.92 Å². The van der Waals surface area contributed by atoms with Crippen LogP contribution in [0.25, 0.3) is 0 Å². The van der Waals surface area contributed by atoms with Crippen LogP contribution in [-0.4, -0.2) is 17.8 Å². The molecule has 0 saturated carbocycles. The first kappa shape index (κ1) is 13.5. The Balaban J connectivity index is 2.76. The maximum atomic E-state index is 13.0. The third-order valence-electron chi connectivity index (χ3n) is 2.20. The zero-order chi connectivity index (χ0) is 12.1. The number of benzene rings is 1. The van der Waals surface area contributed by atoms with E-state index in [1.54, 1.807) is 0 Å². The first-order chi connectivity index (χ1) is 7.58. The summed E-state index contributed by atoms with van der Waals surface area (Å²) < 4.78 is 13.2. The molecule has 1 unspecified atom stereocenters. The lowest BCUT2D eigenvalue weighted by Gasteiger charge is -2.13. The quantitative estimate of drug-likeness (QED) is 0.849. The maximum Gasteiger partial charge on any atom is 0.251 e. The highest BCUT2D eigenvalue weighted by Crippen LogP contribution is 2.16. The minimum absolute atomic E-state index is 0.0574. The lowest BCUT2D eigenvalue weighted by atomic mass is 10.2. The van der Waals surface area contributed by atoms with Crippen molar-refractivity contribution >= 4 is 33.4 Å². The molecule has 1 aromatic rings. The Labute approximate surface area is 107 Å². The van der Waals surface area contributed by atoms with Crippen molar-refractivity contribution in [1.29, 1.82) is 0 Å². The summed E-state index contributed by atoms with van der Waals surface area (Å²) in [5.74, 6) is -0.265. The van der Waals surface area contributed by atoms with Gasteiger partial charge in [-0.3, -0.25) is 4.79 Å². The summed E-state index contributed by atoms with van der Waals surface area (Å²) in [5.41, 5.74) is 0.414. The van der Waals surface area contributed by atoms with Crippen LogP contribution in [0.1, 0.15) is 23.7 Å². The van der Waals surface area contributed by atoms with Gasteiger partial charge in [-0.15, -0.1) is 11.6 Å². The minimum Gasteiger partial charge on any atom is -0.348 e. The standard InChI is InChI=1S/C11H12BrClFNO/c1-2-8(6-13)15-11(16)7-3-4-10(14)9(12)5-7/h3-5,8H,2,6H2,1H3,(H,15,16). The van der Waals surface area contributed by atoms with Crippen molar-refractivity contribution in [3.63, 3.8) is 0 Å². The van der Waals surface area contributed by atoms with Crippen molar-refractivity contribution in [2.24, 2.45) is 0 Å². The predicted molar refractivity (Wildman–Crippen MR) is 66.4 cm³/mol. The molecule has 5 heteroatoms. The molecule has 0 heterocycles. The summed E-state index contributed by atoms with van der Waals surface area (Å²) in [7, 11) is 0. The van der Waals surface area contributed by atoms with E-state index in [1.165, 1.54) is 18.2 Å². The second-order valence-corrected chi connectivity index (χ2v) is 4.52. The number of amides is 1. The fourth-order valence-corrected chi connectivity index (χ4v) is 1.83. The summed E-state index contributed by atoms with van der Waals surface area (Å²) in [4.78, 5) is 11.7. The third kappa shape index (κ3) is 3.46. The van der Waals surface area contributed by atoms with Gasteiger partial charge in [0.1, 0.15) is 5.82 Å². The number of halogens is 3. The molecule has 0 saturated heterocycles. The first-order valence-electron chi connectivity index (χ1n) is 4.90. The molecule has 1 atom stereocenters. The molecular weight excluding hydrogens is 296 g/mol. The molecule has 0 spiro atoms. The molecule has 0 bridgehead atoms. The molecule has 1 N–H and O–H groups in total. The monoisotopic (exact) mass is 307 g/mol. The largest absolute Gasteiger partial charge is 0.348 e. The molecule has 0 aliphatic heterocycles. The zero-order valence-corrected chi connectivity index (χ0v) is 11.1. The van der Waals surface area contributed by atoms with Crippen molar-refractivity contribution in [3.8, 4) is 0 Å². The minimum atomic E-state index is -0.388. The van der Waals surface area contributed by atoms with E-state index in [0.717, 1.165) is 6.42 Å². The van der Waals surface area contributed by atoms with Crippen LogP contribution in [0.3, 0.4) is 0 Å². The van der Waals surface area contributed by atoms with Gasteiger partial charge >= 0.3 is 0 Å². The first-order valence-corrected chi connectivity index (χ1v) is 6.23. The molecule has 0 aliphatic carbocycles. The van der Waals surface area contributed by atoms with Gasteiger partial charge in [0.15, 0.2) is 0 Å². The van der Waals surface area contributed by atoms with Crippen molar-refractivity contribution in [2.75, 3.05) is 5.88 Å². The van der Waals surface area contributed by atoms with E-state index in [0.29, 0.717) is 11.4 Å². The average molecular weight is 309 g/mol. The Morgan fingerprint density at radius 3 is 2.81 bits per heavy atom. The summed E-state index contributed by atoms with van der Waals surface area (Å²) in [6.07, 6.45) is 0.762. The van der Waals surface area contributed by atoms with Crippen LogP contribution in [0.4, 0.5) is 4.39 Å². The second-order valence-electron chi connectivity index (χ2n) is 3.36. The topological polar surface area (TPSA) is 29.1 Å². The normalized spacial score (nSPS) is 12.2. The van der Waals surface area contributed by atoms with Crippen LogP contribution in [0.15, 0.2) is 22.7 Å². The van der Waals surface area contributed by atoms with E-state index in [9.17, 15) is 9.18 Å². The van der Waals surface area contributed by atoms with Gasteiger partial charge in [-0.05, 0) is 40.5 Å². The van der Waals surface area contributed by atoms with Crippen molar-refractivity contribution in [1.82, 2.24) is 5.32 Å². The Hall–Kier alpha value is -0.610. The average Bonchev–Trinajstić information content (AvgIpc) is 2.29. The molecule has 0 fully saturated rings. The fourth-order valence-electron chi connectivity index (χ4n) is 1.16.